The molecule has 2 aromatic carbocycles. The molecule has 1 atom stereocenters. The molecule has 1 aliphatic heterocycles. The first-order valence-electron chi connectivity index (χ1n) is 8.86. The molecule has 0 radical (unpaired) electrons. The van der Waals surface area contributed by atoms with Crippen LogP contribution in [-0.4, -0.2) is 12.1 Å². The van der Waals surface area contributed by atoms with Gasteiger partial charge in [-0.2, -0.15) is 0 Å². The maximum atomic E-state index is 14.7. The molecule has 0 spiro atoms. The summed E-state index contributed by atoms with van der Waals surface area (Å²) in [7, 11) is 0. The fourth-order valence-electron chi connectivity index (χ4n) is 4.06. The van der Waals surface area contributed by atoms with Gasteiger partial charge in [-0.25, -0.2) is 8.78 Å². The van der Waals surface area contributed by atoms with Crippen LogP contribution in [0.3, 0.4) is 0 Å². The molecule has 25 heavy (non-hydrogen) atoms. The van der Waals surface area contributed by atoms with Crippen molar-refractivity contribution in [3.8, 4) is 0 Å². The number of benzene rings is 2. The van der Waals surface area contributed by atoms with Crippen LogP contribution >= 0.6 is 0 Å². The second kappa shape index (κ2) is 6.99. The van der Waals surface area contributed by atoms with Gasteiger partial charge in [-0.3, -0.25) is 0 Å². The molecule has 132 valence electrons. The van der Waals surface area contributed by atoms with Gasteiger partial charge >= 0.3 is 0 Å². The van der Waals surface area contributed by atoms with E-state index in [4.69, 9.17) is 0 Å². The first kappa shape index (κ1) is 17.7. The molecule has 0 aliphatic carbocycles. The molecule has 3 rings (SSSR count). The van der Waals surface area contributed by atoms with Gasteiger partial charge in [0.2, 0.25) is 0 Å². The van der Waals surface area contributed by atoms with E-state index in [-0.39, 0.29) is 17.2 Å². The number of hydrogen-bond donors (Lipinski definition) is 0. The van der Waals surface area contributed by atoms with Crippen molar-refractivity contribution in [3.63, 3.8) is 0 Å². The first-order valence-corrected chi connectivity index (χ1v) is 8.86. The number of halogens is 2. The van der Waals surface area contributed by atoms with Gasteiger partial charge in [0.25, 0.3) is 0 Å². The Morgan fingerprint density at radius 3 is 2.60 bits per heavy atom. The fourth-order valence-corrected chi connectivity index (χ4v) is 4.06. The molecule has 0 amide bonds. The summed E-state index contributed by atoms with van der Waals surface area (Å²) < 4.78 is 28.3. The molecule has 0 N–H and O–H groups in total. The number of fused-ring (bicyclic) bond motifs is 1. The summed E-state index contributed by atoms with van der Waals surface area (Å²) in [6, 6.07) is 11.9. The Hall–Kier alpha value is -2.16. The third-order valence-electron chi connectivity index (χ3n) is 4.85. The van der Waals surface area contributed by atoms with E-state index < -0.39 is 0 Å². The van der Waals surface area contributed by atoms with E-state index in [0.29, 0.717) is 24.6 Å². The van der Waals surface area contributed by atoms with Crippen molar-refractivity contribution >= 4 is 11.8 Å². The highest BCUT2D eigenvalue weighted by atomic mass is 19.1. The van der Waals surface area contributed by atoms with Crippen LogP contribution in [0.4, 0.5) is 14.5 Å². The number of nitrogens with zero attached hydrogens (tertiary/aromatic N) is 1. The van der Waals surface area contributed by atoms with E-state index in [0.717, 1.165) is 17.5 Å². The lowest BCUT2D eigenvalue weighted by molar-refractivity contribution is 0.340. The summed E-state index contributed by atoms with van der Waals surface area (Å²) in [5.74, 6) is 0.0188. The van der Waals surface area contributed by atoms with Crippen molar-refractivity contribution < 1.29 is 8.78 Å². The topological polar surface area (TPSA) is 3.24 Å². The number of para-hydroxylation sites is 1. The molecular weight excluding hydrogens is 316 g/mol. The zero-order chi connectivity index (χ0) is 18.0. The van der Waals surface area contributed by atoms with Crippen LogP contribution in [-0.2, 0) is 6.42 Å². The third kappa shape index (κ3) is 3.76. The highest BCUT2D eigenvalue weighted by Crippen LogP contribution is 2.38. The Morgan fingerprint density at radius 1 is 1.12 bits per heavy atom. The summed E-state index contributed by atoms with van der Waals surface area (Å²) in [5, 5.41) is 0. The second-order valence-corrected chi connectivity index (χ2v) is 7.59. The van der Waals surface area contributed by atoms with E-state index in [1.54, 1.807) is 18.2 Å². The molecule has 0 bridgehead atoms. The molecule has 0 saturated heterocycles. The van der Waals surface area contributed by atoms with Gasteiger partial charge in [-0.15, -0.1) is 0 Å². The highest BCUT2D eigenvalue weighted by Gasteiger charge is 2.35. The van der Waals surface area contributed by atoms with Crippen LogP contribution in [0.2, 0.25) is 0 Å². The molecule has 1 nitrogen and oxygen atoms in total. The van der Waals surface area contributed by atoms with Crippen molar-refractivity contribution in [3.05, 3.63) is 71.3 Å². The zero-order valence-electron chi connectivity index (χ0n) is 15.1. The molecule has 1 heterocycles. The Kier molecular flexibility index (Phi) is 4.94. The molecule has 0 saturated carbocycles. The molecule has 0 aromatic heterocycles. The molecular formula is C22H25F2N. The zero-order valence-corrected chi connectivity index (χ0v) is 15.1. The molecule has 1 aliphatic rings. The van der Waals surface area contributed by atoms with Crippen molar-refractivity contribution in [2.75, 3.05) is 11.4 Å². The summed E-state index contributed by atoms with van der Waals surface area (Å²) in [6.07, 6.45) is 5.62. The van der Waals surface area contributed by atoms with Gasteiger partial charge in [0.15, 0.2) is 0 Å². The molecule has 2 aromatic rings. The van der Waals surface area contributed by atoms with Gasteiger partial charge in [0.05, 0.1) is 5.69 Å². The van der Waals surface area contributed by atoms with Gasteiger partial charge < -0.3 is 4.90 Å². The van der Waals surface area contributed by atoms with Crippen LogP contribution in [0.15, 0.2) is 48.5 Å². The van der Waals surface area contributed by atoms with Crippen molar-refractivity contribution in [1.29, 1.82) is 0 Å². The van der Waals surface area contributed by atoms with Gasteiger partial charge in [-0.05, 0) is 49.4 Å². The van der Waals surface area contributed by atoms with E-state index in [2.05, 4.69) is 31.7 Å². The summed E-state index contributed by atoms with van der Waals surface area (Å²) in [4.78, 5) is 2.16. The smallest absolute Gasteiger partial charge is 0.147 e. The average molecular weight is 341 g/mol. The normalized spacial score (nSPS) is 16.0. The van der Waals surface area contributed by atoms with Crippen molar-refractivity contribution in [2.45, 2.75) is 39.2 Å². The fraction of sp³-hybridized carbons (Fsp3) is 0.364. The molecule has 3 heteroatoms. The maximum absolute atomic E-state index is 14.7. The minimum atomic E-state index is -0.302. The summed E-state index contributed by atoms with van der Waals surface area (Å²) in [5.41, 5.74) is 2.20. The van der Waals surface area contributed by atoms with E-state index in [9.17, 15) is 8.78 Å². The number of anilines is 1. The second-order valence-electron chi connectivity index (χ2n) is 7.59. The minimum Gasteiger partial charge on any atom is -0.359 e. The minimum absolute atomic E-state index is 0.198. The van der Waals surface area contributed by atoms with Crippen molar-refractivity contribution in [2.24, 2.45) is 5.92 Å². The lowest BCUT2D eigenvalue weighted by Crippen LogP contribution is -2.50. The number of rotatable bonds is 5. The Balaban J connectivity index is 2.03. The van der Waals surface area contributed by atoms with Gasteiger partial charge in [0, 0.05) is 17.6 Å². The van der Waals surface area contributed by atoms with Gasteiger partial charge in [-0.1, -0.05) is 50.3 Å². The van der Waals surface area contributed by atoms with E-state index >= 15 is 0 Å². The lowest BCUT2D eigenvalue weighted by atomic mass is 9.82. The monoisotopic (exact) mass is 341 g/mol. The highest BCUT2D eigenvalue weighted by molar-refractivity contribution is 5.72. The van der Waals surface area contributed by atoms with Gasteiger partial charge in [0.1, 0.15) is 11.6 Å². The molecule has 0 unspecified atom stereocenters. The largest absolute Gasteiger partial charge is 0.359 e. The van der Waals surface area contributed by atoms with Crippen LogP contribution in [0.25, 0.3) is 6.08 Å². The number of hydrogen-bond acceptors (Lipinski definition) is 1. The lowest BCUT2D eigenvalue weighted by Gasteiger charge is -2.46. The van der Waals surface area contributed by atoms with Crippen LogP contribution in [0, 0.1) is 17.6 Å². The standard InChI is InChI=1S/C22H25F2N/c1-16(2)14-22(3,15-17-7-4-10-19(23)13-17)25-12-6-9-18-8-5-11-20(24)21(18)25/h4-11,13,16H,12,14-15H2,1-3H3/t22-/m0/s1. The van der Waals surface area contributed by atoms with Crippen LogP contribution < -0.4 is 4.90 Å². The average Bonchev–Trinajstić information content (AvgIpc) is 2.54. The van der Waals surface area contributed by atoms with Crippen LogP contribution in [0.1, 0.15) is 38.3 Å². The van der Waals surface area contributed by atoms with E-state index in [1.165, 1.54) is 12.1 Å². The maximum Gasteiger partial charge on any atom is 0.147 e. The SMILES string of the molecule is CC(C)C[C@@](C)(Cc1cccc(F)c1)N1CC=Cc2cccc(F)c21. The van der Waals surface area contributed by atoms with Crippen molar-refractivity contribution in [1.82, 2.24) is 0 Å². The third-order valence-corrected chi connectivity index (χ3v) is 4.85. The predicted molar refractivity (Wildman–Crippen MR) is 101 cm³/mol. The van der Waals surface area contributed by atoms with E-state index in [1.807, 2.05) is 18.2 Å². The quantitative estimate of drug-likeness (QED) is 0.660. The summed E-state index contributed by atoms with van der Waals surface area (Å²) in [6.45, 7) is 7.16. The predicted octanol–water partition coefficient (Wildman–Crippen LogP) is 5.85. The Morgan fingerprint density at radius 2 is 1.88 bits per heavy atom. The Bertz CT molecular complexity index is 781. The first-order chi connectivity index (χ1) is 11.9. The summed E-state index contributed by atoms with van der Waals surface area (Å²) >= 11 is 0. The Labute approximate surface area is 149 Å². The van der Waals surface area contributed by atoms with Crippen LogP contribution in [0.5, 0.6) is 0 Å². The molecule has 0 fully saturated rings.